The molecule has 0 aliphatic rings. The summed E-state index contributed by atoms with van der Waals surface area (Å²) in [5, 5.41) is 4.91. The maximum atomic E-state index is 12.8. The molecule has 4 aromatic rings. The largest absolute Gasteiger partial charge is 0.487 e. The summed E-state index contributed by atoms with van der Waals surface area (Å²) < 4.78 is 7.79. The van der Waals surface area contributed by atoms with Gasteiger partial charge in [-0.1, -0.05) is 65.7 Å². The maximum absolute atomic E-state index is 12.8. The van der Waals surface area contributed by atoms with E-state index >= 15 is 0 Å². The first-order valence-corrected chi connectivity index (χ1v) is 10.6. The van der Waals surface area contributed by atoms with E-state index in [2.05, 4.69) is 10.5 Å². The minimum Gasteiger partial charge on any atom is -0.487 e. The molecule has 0 bridgehead atoms. The van der Waals surface area contributed by atoms with Gasteiger partial charge in [0.2, 0.25) is 0 Å². The molecule has 4 rings (SSSR count). The van der Waals surface area contributed by atoms with Crippen molar-refractivity contribution in [1.29, 1.82) is 0 Å². The molecule has 0 aliphatic carbocycles. The van der Waals surface area contributed by atoms with Crippen LogP contribution in [0.5, 0.6) is 5.75 Å². The standard InChI is InChI=1S/C25H19Cl2N3O2/c26-20-14-19(24(22(27)15-20)32-17-18-8-2-1-3-9-18)16-28-29-25(31)21-10-4-5-11-23(21)30-12-6-7-13-30/h1-16H,17H2,(H,29,31)/b28-16-. The van der Waals surface area contributed by atoms with Crippen LogP contribution in [-0.4, -0.2) is 16.7 Å². The molecule has 0 atom stereocenters. The second kappa shape index (κ2) is 10.2. The zero-order valence-electron chi connectivity index (χ0n) is 16.9. The van der Waals surface area contributed by atoms with Gasteiger partial charge in [-0.15, -0.1) is 0 Å². The van der Waals surface area contributed by atoms with Crippen LogP contribution < -0.4 is 10.2 Å². The number of para-hydroxylation sites is 1. The summed E-state index contributed by atoms with van der Waals surface area (Å²) in [6.07, 6.45) is 5.22. The molecule has 0 saturated heterocycles. The topological polar surface area (TPSA) is 55.6 Å². The number of hydrazone groups is 1. The van der Waals surface area contributed by atoms with Gasteiger partial charge in [-0.25, -0.2) is 5.43 Å². The molecule has 1 heterocycles. The van der Waals surface area contributed by atoms with E-state index in [1.54, 1.807) is 24.3 Å². The van der Waals surface area contributed by atoms with Crippen LogP contribution in [0.4, 0.5) is 0 Å². The van der Waals surface area contributed by atoms with Crippen LogP contribution in [0.25, 0.3) is 5.69 Å². The smallest absolute Gasteiger partial charge is 0.273 e. The molecule has 32 heavy (non-hydrogen) atoms. The van der Waals surface area contributed by atoms with Gasteiger partial charge in [0, 0.05) is 23.0 Å². The monoisotopic (exact) mass is 463 g/mol. The molecule has 1 amide bonds. The van der Waals surface area contributed by atoms with Gasteiger partial charge in [-0.05, 0) is 42.0 Å². The van der Waals surface area contributed by atoms with Gasteiger partial charge in [-0.3, -0.25) is 4.79 Å². The predicted molar refractivity (Wildman–Crippen MR) is 128 cm³/mol. The number of ether oxygens (including phenoxy) is 1. The fourth-order valence-corrected chi connectivity index (χ4v) is 3.73. The average Bonchev–Trinajstić information content (AvgIpc) is 3.34. The van der Waals surface area contributed by atoms with E-state index in [1.165, 1.54) is 6.21 Å². The first-order chi connectivity index (χ1) is 15.6. The Morgan fingerprint density at radius 2 is 1.69 bits per heavy atom. The number of hydrogen-bond donors (Lipinski definition) is 1. The molecule has 0 unspecified atom stereocenters. The van der Waals surface area contributed by atoms with Gasteiger partial charge in [-0.2, -0.15) is 5.10 Å². The lowest BCUT2D eigenvalue weighted by Crippen LogP contribution is -2.19. The molecular formula is C25H19Cl2N3O2. The molecule has 0 fully saturated rings. The number of amides is 1. The summed E-state index contributed by atoms with van der Waals surface area (Å²) >= 11 is 12.5. The second-order valence-electron chi connectivity index (χ2n) is 6.89. The highest BCUT2D eigenvalue weighted by molar-refractivity contribution is 6.36. The number of rotatable bonds is 7. The van der Waals surface area contributed by atoms with Crippen molar-refractivity contribution in [2.75, 3.05) is 0 Å². The Balaban J connectivity index is 1.52. The molecule has 1 aromatic heterocycles. The number of aromatic nitrogens is 1. The zero-order valence-corrected chi connectivity index (χ0v) is 18.4. The molecule has 1 N–H and O–H groups in total. The number of hydrogen-bond acceptors (Lipinski definition) is 3. The van der Waals surface area contributed by atoms with E-state index in [0.29, 0.717) is 33.5 Å². The van der Waals surface area contributed by atoms with E-state index in [1.807, 2.05) is 71.6 Å². The van der Waals surface area contributed by atoms with Gasteiger partial charge in [0.05, 0.1) is 22.5 Å². The highest BCUT2D eigenvalue weighted by Gasteiger charge is 2.13. The van der Waals surface area contributed by atoms with Crippen molar-refractivity contribution in [2.24, 2.45) is 5.10 Å². The fourth-order valence-electron chi connectivity index (χ4n) is 3.16. The van der Waals surface area contributed by atoms with Crippen molar-refractivity contribution >= 4 is 35.3 Å². The molecule has 3 aromatic carbocycles. The summed E-state index contributed by atoms with van der Waals surface area (Å²) in [4.78, 5) is 12.8. The predicted octanol–water partition coefficient (Wildman–Crippen LogP) is 6.13. The van der Waals surface area contributed by atoms with Crippen molar-refractivity contribution < 1.29 is 9.53 Å². The van der Waals surface area contributed by atoms with Crippen LogP contribution in [0.15, 0.2) is 96.4 Å². The van der Waals surface area contributed by atoms with E-state index in [0.717, 1.165) is 11.3 Å². The van der Waals surface area contributed by atoms with Crippen LogP contribution in [-0.2, 0) is 6.61 Å². The summed E-state index contributed by atoms with van der Waals surface area (Å²) in [5.41, 5.74) is 5.36. The van der Waals surface area contributed by atoms with Gasteiger partial charge in [0.25, 0.3) is 5.91 Å². The molecule has 0 aliphatic heterocycles. The van der Waals surface area contributed by atoms with Gasteiger partial charge < -0.3 is 9.30 Å². The lowest BCUT2D eigenvalue weighted by Gasteiger charge is -2.12. The molecular weight excluding hydrogens is 445 g/mol. The summed E-state index contributed by atoms with van der Waals surface area (Å²) in [5.74, 6) is 0.0936. The lowest BCUT2D eigenvalue weighted by molar-refractivity contribution is 0.0955. The first-order valence-electron chi connectivity index (χ1n) is 9.83. The number of benzene rings is 3. The summed E-state index contributed by atoms with van der Waals surface area (Å²) in [6.45, 7) is 0.333. The number of nitrogens with one attached hydrogen (secondary N) is 1. The minimum absolute atomic E-state index is 0.333. The molecule has 0 saturated carbocycles. The third-order valence-corrected chi connectivity index (χ3v) is 5.16. The molecule has 0 radical (unpaired) electrons. The van der Waals surface area contributed by atoms with Crippen molar-refractivity contribution in [1.82, 2.24) is 9.99 Å². The number of carbonyl (C=O) groups is 1. The fraction of sp³-hybridized carbons (Fsp3) is 0.0400. The number of nitrogens with zero attached hydrogens (tertiary/aromatic N) is 2. The Bertz CT molecular complexity index is 1240. The number of carbonyl (C=O) groups excluding carboxylic acids is 1. The summed E-state index contributed by atoms with van der Waals surface area (Å²) in [6, 6.07) is 24.1. The van der Waals surface area contributed by atoms with Gasteiger partial charge >= 0.3 is 0 Å². The van der Waals surface area contributed by atoms with E-state index in [9.17, 15) is 4.79 Å². The average molecular weight is 464 g/mol. The van der Waals surface area contributed by atoms with E-state index in [4.69, 9.17) is 27.9 Å². The van der Waals surface area contributed by atoms with Crippen molar-refractivity contribution in [3.05, 3.63) is 118 Å². The Morgan fingerprint density at radius 1 is 0.969 bits per heavy atom. The lowest BCUT2D eigenvalue weighted by atomic mass is 10.1. The van der Waals surface area contributed by atoms with Crippen molar-refractivity contribution in [3.8, 4) is 11.4 Å². The van der Waals surface area contributed by atoms with Crippen molar-refractivity contribution in [3.63, 3.8) is 0 Å². The maximum Gasteiger partial charge on any atom is 0.273 e. The zero-order chi connectivity index (χ0) is 22.3. The van der Waals surface area contributed by atoms with Crippen LogP contribution in [0.2, 0.25) is 10.0 Å². The SMILES string of the molecule is O=C(N/N=C\c1cc(Cl)cc(Cl)c1OCc1ccccc1)c1ccccc1-n1cccc1. The molecule has 0 spiro atoms. The van der Waals surface area contributed by atoms with Crippen LogP contribution in [0, 0.1) is 0 Å². The normalized spacial score (nSPS) is 10.9. The van der Waals surface area contributed by atoms with Crippen LogP contribution >= 0.6 is 23.2 Å². The molecule has 5 nitrogen and oxygen atoms in total. The van der Waals surface area contributed by atoms with Gasteiger partial charge in [0.1, 0.15) is 12.4 Å². The Morgan fingerprint density at radius 3 is 2.47 bits per heavy atom. The highest BCUT2D eigenvalue weighted by atomic mass is 35.5. The third-order valence-electron chi connectivity index (χ3n) is 4.66. The Labute approximate surface area is 195 Å². The van der Waals surface area contributed by atoms with Crippen LogP contribution in [0.1, 0.15) is 21.5 Å². The molecule has 7 heteroatoms. The van der Waals surface area contributed by atoms with E-state index < -0.39 is 0 Å². The number of halogens is 2. The third kappa shape index (κ3) is 5.19. The quantitative estimate of drug-likeness (QED) is 0.264. The first kappa shape index (κ1) is 21.7. The van der Waals surface area contributed by atoms with E-state index in [-0.39, 0.29) is 5.91 Å². The highest BCUT2D eigenvalue weighted by Crippen LogP contribution is 2.32. The van der Waals surface area contributed by atoms with Crippen LogP contribution in [0.3, 0.4) is 0 Å². The Hall–Kier alpha value is -3.54. The Kier molecular flexibility index (Phi) is 6.90. The van der Waals surface area contributed by atoms with Crippen molar-refractivity contribution in [2.45, 2.75) is 6.61 Å². The second-order valence-corrected chi connectivity index (χ2v) is 7.73. The molecule has 160 valence electrons. The minimum atomic E-state index is -0.342. The van der Waals surface area contributed by atoms with Gasteiger partial charge in [0.15, 0.2) is 0 Å². The summed E-state index contributed by atoms with van der Waals surface area (Å²) in [7, 11) is 0.